The Labute approximate surface area is 153 Å². The van der Waals surface area contributed by atoms with Crippen molar-refractivity contribution in [1.29, 1.82) is 0 Å². The summed E-state index contributed by atoms with van der Waals surface area (Å²) in [6.45, 7) is 2.50. The van der Waals surface area contributed by atoms with Gasteiger partial charge in [-0.05, 0) is 49.1 Å². The Morgan fingerprint density at radius 1 is 1.08 bits per heavy atom. The van der Waals surface area contributed by atoms with E-state index in [4.69, 9.17) is 4.74 Å². The van der Waals surface area contributed by atoms with Crippen molar-refractivity contribution in [2.75, 3.05) is 19.0 Å². The van der Waals surface area contributed by atoms with Crippen molar-refractivity contribution in [1.82, 2.24) is 5.32 Å². The van der Waals surface area contributed by atoms with Crippen LogP contribution in [0.3, 0.4) is 0 Å². The van der Waals surface area contributed by atoms with Crippen LogP contribution in [0, 0.1) is 18.8 Å². The number of anilines is 1. The fourth-order valence-corrected chi connectivity index (χ4v) is 3.00. The lowest BCUT2D eigenvalue weighted by molar-refractivity contribution is -0.125. The van der Waals surface area contributed by atoms with E-state index in [-0.39, 0.29) is 23.7 Å². The van der Waals surface area contributed by atoms with Crippen molar-refractivity contribution in [3.63, 3.8) is 0 Å². The summed E-state index contributed by atoms with van der Waals surface area (Å²) in [7, 11) is 1.64. The Morgan fingerprint density at radius 2 is 1.85 bits per heavy atom. The van der Waals surface area contributed by atoms with Crippen LogP contribution in [0.5, 0.6) is 5.75 Å². The van der Waals surface area contributed by atoms with Crippen LogP contribution in [0.4, 0.5) is 5.69 Å². The molecule has 5 nitrogen and oxygen atoms in total. The fourth-order valence-electron chi connectivity index (χ4n) is 3.00. The molecule has 0 heterocycles. The van der Waals surface area contributed by atoms with Gasteiger partial charge >= 0.3 is 0 Å². The summed E-state index contributed by atoms with van der Waals surface area (Å²) in [4.78, 5) is 24.5. The average molecular weight is 352 g/mol. The third kappa shape index (κ3) is 4.42. The predicted octanol–water partition coefficient (Wildman–Crippen LogP) is 2.94. The highest BCUT2D eigenvalue weighted by Crippen LogP contribution is 2.39. The molecule has 2 aromatic rings. The van der Waals surface area contributed by atoms with Gasteiger partial charge in [0.1, 0.15) is 5.75 Å². The standard InChI is InChI=1S/C21H24N2O3/c1-14-6-3-4-9-19(14)23-21(25)18-13-17(18)20(24)22-11-10-15-7-5-8-16(12-15)26-2/h3-9,12,17-18H,10-11,13H2,1-2H3,(H,22,24)(H,23,25). The molecule has 26 heavy (non-hydrogen) atoms. The van der Waals surface area contributed by atoms with Crippen molar-refractivity contribution in [2.45, 2.75) is 19.8 Å². The highest BCUT2D eigenvalue weighted by molar-refractivity contribution is 5.99. The van der Waals surface area contributed by atoms with Crippen molar-refractivity contribution in [3.05, 3.63) is 59.7 Å². The lowest BCUT2D eigenvalue weighted by Crippen LogP contribution is -2.29. The third-order valence-corrected chi connectivity index (χ3v) is 4.71. The maximum absolute atomic E-state index is 12.3. The number of benzene rings is 2. The largest absolute Gasteiger partial charge is 0.497 e. The molecule has 5 heteroatoms. The van der Waals surface area contributed by atoms with Crippen molar-refractivity contribution < 1.29 is 14.3 Å². The van der Waals surface area contributed by atoms with E-state index < -0.39 is 0 Å². The van der Waals surface area contributed by atoms with Gasteiger partial charge in [-0.15, -0.1) is 0 Å². The topological polar surface area (TPSA) is 67.4 Å². The van der Waals surface area contributed by atoms with E-state index in [0.717, 1.165) is 29.0 Å². The SMILES string of the molecule is COc1cccc(CCNC(=O)C2CC2C(=O)Nc2ccccc2C)c1. The van der Waals surface area contributed by atoms with Gasteiger partial charge in [-0.2, -0.15) is 0 Å². The van der Waals surface area contributed by atoms with E-state index in [1.807, 2.05) is 55.5 Å². The number of para-hydroxylation sites is 1. The second-order valence-electron chi connectivity index (χ2n) is 6.65. The minimum atomic E-state index is -0.230. The molecule has 2 amide bonds. The molecule has 2 atom stereocenters. The molecule has 1 aliphatic rings. The van der Waals surface area contributed by atoms with E-state index in [0.29, 0.717) is 13.0 Å². The summed E-state index contributed by atoms with van der Waals surface area (Å²) in [5, 5.41) is 5.85. The molecule has 0 aliphatic heterocycles. The van der Waals surface area contributed by atoms with Gasteiger partial charge in [-0.25, -0.2) is 0 Å². The smallest absolute Gasteiger partial charge is 0.228 e. The van der Waals surface area contributed by atoms with Crippen molar-refractivity contribution in [3.8, 4) is 5.75 Å². The quantitative estimate of drug-likeness (QED) is 0.805. The van der Waals surface area contributed by atoms with Crippen molar-refractivity contribution >= 4 is 17.5 Å². The molecule has 0 bridgehead atoms. The monoisotopic (exact) mass is 352 g/mol. The predicted molar refractivity (Wildman–Crippen MR) is 101 cm³/mol. The number of rotatable bonds is 7. The Hall–Kier alpha value is -2.82. The normalized spacial score (nSPS) is 18.1. The Kier molecular flexibility index (Phi) is 5.56. The molecule has 0 saturated heterocycles. The lowest BCUT2D eigenvalue weighted by Gasteiger charge is -2.08. The number of hydrogen-bond acceptors (Lipinski definition) is 3. The van der Waals surface area contributed by atoms with Crippen LogP contribution in [0.25, 0.3) is 0 Å². The first-order chi connectivity index (χ1) is 12.6. The van der Waals surface area contributed by atoms with Gasteiger partial charge < -0.3 is 15.4 Å². The Balaban J connectivity index is 1.44. The third-order valence-electron chi connectivity index (χ3n) is 4.71. The van der Waals surface area contributed by atoms with Gasteiger partial charge in [0, 0.05) is 12.2 Å². The molecular formula is C21H24N2O3. The van der Waals surface area contributed by atoms with Gasteiger partial charge in [-0.3, -0.25) is 9.59 Å². The maximum atomic E-state index is 12.3. The van der Waals surface area contributed by atoms with E-state index in [9.17, 15) is 9.59 Å². The van der Waals surface area contributed by atoms with E-state index in [2.05, 4.69) is 10.6 Å². The molecule has 0 spiro atoms. The zero-order chi connectivity index (χ0) is 18.5. The van der Waals surface area contributed by atoms with Gasteiger partial charge in [-0.1, -0.05) is 30.3 Å². The van der Waals surface area contributed by atoms with E-state index in [1.165, 1.54) is 0 Å². The average Bonchev–Trinajstić information content (AvgIpc) is 3.45. The summed E-state index contributed by atoms with van der Waals surface area (Å²) in [5.41, 5.74) is 2.93. The highest BCUT2D eigenvalue weighted by Gasteiger charge is 2.47. The van der Waals surface area contributed by atoms with Crippen LogP contribution in [0.1, 0.15) is 17.5 Å². The van der Waals surface area contributed by atoms with Crippen LogP contribution in [0.2, 0.25) is 0 Å². The summed E-state index contributed by atoms with van der Waals surface area (Å²) >= 11 is 0. The number of carbonyl (C=O) groups is 2. The molecule has 1 fully saturated rings. The Bertz CT molecular complexity index is 803. The first-order valence-electron chi connectivity index (χ1n) is 8.85. The number of methoxy groups -OCH3 is 1. The number of carbonyl (C=O) groups excluding carboxylic acids is 2. The zero-order valence-electron chi connectivity index (χ0n) is 15.1. The molecule has 136 valence electrons. The lowest BCUT2D eigenvalue weighted by atomic mass is 10.1. The van der Waals surface area contributed by atoms with Crippen LogP contribution in [0.15, 0.2) is 48.5 Å². The maximum Gasteiger partial charge on any atom is 0.228 e. The Morgan fingerprint density at radius 3 is 2.62 bits per heavy atom. The minimum Gasteiger partial charge on any atom is -0.497 e. The van der Waals surface area contributed by atoms with Crippen molar-refractivity contribution in [2.24, 2.45) is 11.8 Å². The van der Waals surface area contributed by atoms with Crippen LogP contribution < -0.4 is 15.4 Å². The zero-order valence-corrected chi connectivity index (χ0v) is 15.1. The second kappa shape index (κ2) is 8.04. The molecule has 0 radical (unpaired) electrons. The number of hydrogen-bond donors (Lipinski definition) is 2. The molecule has 3 rings (SSSR count). The molecule has 2 N–H and O–H groups in total. The van der Waals surface area contributed by atoms with Gasteiger partial charge in [0.2, 0.25) is 11.8 Å². The fraction of sp³-hybridized carbons (Fsp3) is 0.333. The summed E-state index contributed by atoms with van der Waals surface area (Å²) in [6.07, 6.45) is 1.35. The van der Waals surface area contributed by atoms with E-state index >= 15 is 0 Å². The van der Waals surface area contributed by atoms with Gasteiger partial charge in [0.05, 0.1) is 18.9 Å². The summed E-state index contributed by atoms with van der Waals surface area (Å²) < 4.78 is 5.20. The molecule has 1 saturated carbocycles. The number of aryl methyl sites for hydroxylation is 1. The molecule has 0 aromatic heterocycles. The second-order valence-corrected chi connectivity index (χ2v) is 6.65. The minimum absolute atomic E-state index is 0.0437. The summed E-state index contributed by atoms with van der Waals surface area (Å²) in [5.74, 6) is 0.241. The van der Waals surface area contributed by atoms with Crippen LogP contribution in [-0.2, 0) is 16.0 Å². The molecule has 2 aromatic carbocycles. The van der Waals surface area contributed by atoms with Gasteiger partial charge in [0.25, 0.3) is 0 Å². The first-order valence-corrected chi connectivity index (χ1v) is 8.85. The molecule has 2 unspecified atom stereocenters. The first kappa shape index (κ1) is 18.0. The highest BCUT2D eigenvalue weighted by atomic mass is 16.5. The van der Waals surface area contributed by atoms with Gasteiger partial charge in [0.15, 0.2) is 0 Å². The van der Waals surface area contributed by atoms with E-state index in [1.54, 1.807) is 7.11 Å². The summed E-state index contributed by atoms with van der Waals surface area (Å²) in [6, 6.07) is 15.4. The van der Waals surface area contributed by atoms with Crippen LogP contribution in [-0.4, -0.2) is 25.5 Å². The molecular weight excluding hydrogens is 328 g/mol. The number of ether oxygens (including phenoxy) is 1. The van der Waals surface area contributed by atoms with Crippen LogP contribution >= 0.6 is 0 Å². The number of nitrogens with one attached hydrogen (secondary N) is 2. The molecule has 1 aliphatic carbocycles. The number of amides is 2.